The summed E-state index contributed by atoms with van der Waals surface area (Å²) in [5.41, 5.74) is 3.60. The van der Waals surface area contributed by atoms with Crippen molar-refractivity contribution in [2.75, 3.05) is 5.75 Å². The van der Waals surface area contributed by atoms with Crippen molar-refractivity contribution >= 4 is 28.4 Å². The Bertz CT molecular complexity index is 1010. The Morgan fingerprint density at radius 2 is 1.92 bits per heavy atom. The molecule has 0 bridgehead atoms. The predicted molar refractivity (Wildman–Crippen MR) is 103 cm³/mol. The van der Waals surface area contributed by atoms with Crippen LogP contribution in [-0.4, -0.2) is 21.1 Å². The topological polar surface area (TPSA) is 52.0 Å². The van der Waals surface area contributed by atoms with E-state index in [1.54, 1.807) is 17.6 Å². The van der Waals surface area contributed by atoms with E-state index in [9.17, 15) is 9.59 Å². The van der Waals surface area contributed by atoms with E-state index in [-0.39, 0.29) is 11.3 Å². The number of Topliss-reactive ketones (excluding diaryl/α,β-unsaturated/α-hetero) is 1. The summed E-state index contributed by atoms with van der Waals surface area (Å²) >= 11 is 1.44. The fourth-order valence-corrected chi connectivity index (χ4v) is 3.81. The molecule has 0 unspecified atom stereocenters. The number of thioether (sulfide) groups is 1. The van der Waals surface area contributed by atoms with E-state index in [0.717, 1.165) is 16.8 Å². The predicted octanol–water partition coefficient (Wildman–Crippen LogP) is 4.07. The van der Waals surface area contributed by atoms with E-state index in [1.165, 1.54) is 11.8 Å². The Morgan fingerprint density at radius 1 is 1.16 bits per heavy atom. The summed E-state index contributed by atoms with van der Waals surface area (Å²) in [6, 6.07) is 13.4. The van der Waals surface area contributed by atoms with Gasteiger partial charge >= 0.3 is 0 Å². The van der Waals surface area contributed by atoms with Gasteiger partial charge in [0.2, 0.25) is 0 Å². The summed E-state index contributed by atoms with van der Waals surface area (Å²) in [5.74, 6) is 0.735. The van der Waals surface area contributed by atoms with E-state index in [2.05, 4.69) is 11.1 Å². The van der Waals surface area contributed by atoms with Crippen LogP contribution < -0.4 is 5.56 Å². The number of carbonyl (C=O) groups is 1. The van der Waals surface area contributed by atoms with Crippen molar-refractivity contribution in [3.63, 3.8) is 0 Å². The normalized spacial score (nSPS) is 11.0. The number of rotatable bonds is 5. The molecule has 3 aromatic rings. The fraction of sp³-hybridized carbons (Fsp3) is 0.250. The molecule has 3 rings (SSSR count). The van der Waals surface area contributed by atoms with Crippen LogP contribution >= 0.6 is 11.8 Å². The minimum absolute atomic E-state index is 0.0807. The van der Waals surface area contributed by atoms with Crippen LogP contribution in [0.4, 0.5) is 0 Å². The van der Waals surface area contributed by atoms with E-state index in [1.807, 2.05) is 44.2 Å². The number of fused-ring (bicyclic) bond motifs is 1. The lowest BCUT2D eigenvalue weighted by atomic mass is 10.1. The van der Waals surface area contributed by atoms with Crippen molar-refractivity contribution in [1.82, 2.24) is 9.55 Å². The van der Waals surface area contributed by atoms with Crippen molar-refractivity contribution in [1.29, 1.82) is 0 Å². The van der Waals surface area contributed by atoms with Gasteiger partial charge in [-0.1, -0.05) is 41.6 Å². The Hall–Kier alpha value is -2.40. The quantitative estimate of drug-likeness (QED) is 0.513. The lowest BCUT2D eigenvalue weighted by Gasteiger charge is -2.15. The number of para-hydroxylation sites is 1. The van der Waals surface area contributed by atoms with Gasteiger partial charge in [-0.25, -0.2) is 4.98 Å². The average molecular weight is 352 g/mol. The van der Waals surface area contributed by atoms with Crippen LogP contribution in [0, 0.1) is 13.8 Å². The van der Waals surface area contributed by atoms with Crippen molar-refractivity contribution < 1.29 is 4.79 Å². The molecule has 0 N–H and O–H groups in total. The van der Waals surface area contributed by atoms with E-state index < -0.39 is 0 Å². The summed E-state index contributed by atoms with van der Waals surface area (Å²) in [6.07, 6.45) is 0.459. The average Bonchev–Trinajstić information content (AvgIpc) is 2.56. The molecular weight excluding hydrogens is 332 g/mol. The highest BCUT2D eigenvalue weighted by Gasteiger charge is 2.15. The fourth-order valence-electron chi connectivity index (χ4n) is 2.76. The summed E-state index contributed by atoms with van der Waals surface area (Å²) < 4.78 is 1.67. The molecule has 4 nitrogen and oxygen atoms in total. The number of hydrogen-bond donors (Lipinski definition) is 0. The zero-order chi connectivity index (χ0) is 18.0. The molecule has 0 amide bonds. The number of aromatic nitrogens is 2. The summed E-state index contributed by atoms with van der Waals surface area (Å²) in [5, 5.41) is 1.22. The second kappa shape index (κ2) is 7.23. The number of nitrogens with zero attached hydrogens (tertiary/aromatic N) is 2. The Kier molecular flexibility index (Phi) is 5.04. The highest BCUT2D eigenvalue weighted by molar-refractivity contribution is 7.99. The molecule has 0 aliphatic heterocycles. The van der Waals surface area contributed by atoms with Gasteiger partial charge in [-0.3, -0.25) is 14.2 Å². The van der Waals surface area contributed by atoms with Gasteiger partial charge in [-0.15, -0.1) is 0 Å². The molecule has 0 saturated carbocycles. The van der Waals surface area contributed by atoms with Gasteiger partial charge in [0.05, 0.1) is 16.6 Å². The van der Waals surface area contributed by atoms with E-state index in [0.29, 0.717) is 28.2 Å². The molecule has 0 aliphatic carbocycles. The van der Waals surface area contributed by atoms with E-state index in [4.69, 9.17) is 0 Å². The molecule has 0 atom stereocenters. The lowest BCUT2D eigenvalue weighted by molar-refractivity contribution is -0.116. The number of carbonyl (C=O) groups excluding carboxylic acids is 1. The maximum absolute atomic E-state index is 13.1. The number of aryl methyl sites for hydroxylation is 2. The second-order valence-corrected chi connectivity index (χ2v) is 7.20. The third kappa shape index (κ3) is 3.66. The van der Waals surface area contributed by atoms with Crippen LogP contribution in [0.25, 0.3) is 16.6 Å². The maximum atomic E-state index is 13.1. The lowest BCUT2D eigenvalue weighted by Crippen LogP contribution is -2.22. The van der Waals surface area contributed by atoms with Gasteiger partial charge in [0.1, 0.15) is 5.78 Å². The summed E-state index contributed by atoms with van der Waals surface area (Å²) in [4.78, 5) is 29.1. The standard InChI is InChI=1S/C20H20N2O2S/c1-13-8-9-18(14(2)12-13)22-19(24)16-6-4-5-7-17(16)21-20(22)25-11-10-15(3)23/h4-9,12H,10-11H2,1-3H3. The molecule has 0 spiro atoms. The largest absolute Gasteiger partial charge is 0.300 e. The van der Waals surface area contributed by atoms with Crippen LogP contribution in [0.2, 0.25) is 0 Å². The highest BCUT2D eigenvalue weighted by atomic mass is 32.2. The zero-order valence-corrected chi connectivity index (χ0v) is 15.4. The minimum Gasteiger partial charge on any atom is -0.300 e. The first-order valence-corrected chi connectivity index (χ1v) is 9.17. The van der Waals surface area contributed by atoms with Gasteiger partial charge in [-0.05, 0) is 44.5 Å². The number of benzene rings is 2. The summed E-state index contributed by atoms with van der Waals surface area (Å²) in [7, 11) is 0. The Labute approximate surface area is 150 Å². The second-order valence-electron chi connectivity index (χ2n) is 6.14. The molecular formula is C20H20N2O2S. The first-order valence-electron chi connectivity index (χ1n) is 8.19. The van der Waals surface area contributed by atoms with Crippen molar-refractivity contribution in [2.45, 2.75) is 32.3 Å². The van der Waals surface area contributed by atoms with Crippen molar-refractivity contribution in [3.05, 3.63) is 63.9 Å². The van der Waals surface area contributed by atoms with Crippen LogP contribution in [0.5, 0.6) is 0 Å². The molecule has 128 valence electrons. The molecule has 1 heterocycles. The van der Waals surface area contributed by atoms with Crippen molar-refractivity contribution in [2.24, 2.45) is 0 Å². The maximum Gasteiger partial charge on any atom is 0.266 e. The van der Waals surface area contributed by atoms with Crippen molar-refractivity contribution in [3.8, 4) is 5.69 Å². The number of hydrogen-bond acceptors (Lipinski definition) is 4. The minimum atomic E-state index is -0.0807. The van der Waals surface area contributed by atoms with Gasteiger partial charge in [0, 0.05) is 12.2 Å². The summed E-state index contributed by atoms with van der Waals surface area (Å²) in [6.45, 7) is 5.60. The molecule has 2 aromatic carbocycles. The highest BCUT2D eigenvalue weighted by Crippen LogP contribution is 2.24. The van der Waals surface area contributed by atoms with Gasteiger partial charge in [-0.2, -0.15) is 0 Å². The Balaban J connectivity index is 2.21. The third-order valence-corrected chi connectivity index (χ3v) is 4.96. The molecule has 5 heteroatoms. The molecule has 0 radical (unpaired) electrons. The molecule has 25 heavy (non-hydrogen) atoms. The molecule has 1 aromatic heterocycles. The first kappa shape index (κ1) is 17.4. The van der Waals surface area contributed by atoms with Crippen LogP contribution in [-0.2, 0) is 4.79 Å². The molecule has 0 fully saturated rings. The van der Waals surface area contributed by atoms with Crippen LogP contribution in [0.15, 0.2) is 52.4 Å². The number of ketones is 1. The van der Waals surface area contributed by atoms with Gasteiger partial charge < -0.3 is 0 Å². The van der Waals surface area contributed by atoms with E-state index >= 15 is 0 Å². The van der Waals surface area contributed by atoms with Crippen LogP contribution in [0.1, 0.15) is 24.5 Å². The molecule has 0 aliphatic rings. The first-order chi connectivity index (χ1) is 12.0. The zero-order valence-electron chi connectivity index (χ0n) is 14.6. The smallest absolute Gasteiger partial charge is 0.266 e. The molecule has 0 saturated heterocycles. The SMILES string of the molecule is CC(=O)CCSc1nc2ccccc2c(=O)n1-c1ccc(C)cc1C. The Morgan fingerprint density at radius 3 is 2.64 bits per heavy atom. The van der Waals surface area contributed by atoms with Gasteiger partial charge in [0.25, 0.3) is 5.56 Å². The van der Waals surface area contributed by atoms with Gasteiger partial charge in [0.15, 0.2) is 5.16 Å². The third-order valence-electron chi connectivity index (χ3n) is 4.02. The monoisotopic (exact) mass is 352 g/mol. The van der Waals surface area contributed by atoms with Crippen LogP contribution in [0.3, 0.4) is 0 Å².